The van der Waals surface area contributed by atoms with Crippen LogP contribution in [0.1, 0.15) is 58.2 Å². The van der Waals surface area contributed by atoms with E-state index in [1.165, 1.54) is 16.7 Å². The minimum absolute atomic E-state index is 0.0430. The van der Waals surface area contributed by atoms with Gasteiger partial charge in [-0.1, -0.05) is 108 Å². The van der Waals surface area contributed by atoms with Gasteiger partial charge < -0.3 is 0 Å². The molecule has 0 bridgehead atoms. The van der Waals surface area contributed by atoms with Crippen molar-refractivity contribution in [2.75, 3.05) is 0 Å². The van der Waals surface area contributed by atoms with E-state index in [4.69, 9.17) is 0 Å². The van der Waals surface area contributed by atoms with Crippen molar-refractivity contribution < 1.29 is 0 Å². The first-order chi connectivity index (χ1) is 15.1. The highest BCUT2D eigenvalue weighted by Gasteiger charge is 2.26. The molecule has 3 aromatic carbocycles. The van der Waals surface area contributed by atoms with Gasteiger partial charge in [0.1, 0.15) is 0 Å². The minimum Gasteiger partial charge on any atom is -0.275 e. The molecule has 0 atom stereocenters. The highest BCUT2D eigenvalue weighted by Crippen LogP contribution is 2.37. The summed E-state index contributed by atoms with van der Waals surface area (Å²) in [5.41, 5.74) is 7.11. The van der Waals surface area contributed by atoms with Crippen LogP contribution in [-0.4, -0.2) is 14.8 Å². The van der Waals surface area contributed by atoms with Crippen LogP contribution in [0.15, 0.2) is 72.8 Å². The van der Waals surface area contributed by atoms with Gasteiger partial charge in [0.15, 0.2) is 11.6 Å². The first-order valence-corrected chi connectivity index (χ1v) is 11.3. The van der Waals surface area contributed by atoms with Crippen LogP contribution in [0.4, 0.5) is 0 Å². The number of rotatable bonds is 3. The number of aryl methyl sites for hydroxylation is 1. The molecule has 164 valence electrons. The molecular weight excluding hydrogens is 390 g/mol. The second-order valence-electron chi connectivity index (χ2n) is 10.7. The average Bonchev–Trinajstić information content (AvgIpc) is 3.18. The monoisotopic (exact) mass is 423 g/mol. The maximum Gasteiger partial charge on any atom is 0.168 e. The molecule has 0 aliphatic heterocycles. The van der Waals surface area contributed by atoms with Crippen molar-refractivity contribution in [2.24, 2.45) is 0 Å². The zero-order valence-corrected chi connectivity index (χ0v) is 20.3. The van der Waals surface area contributed by atoms with Crippen LogP contribution >= 0.6 is 0 Å². The fourth-order valence-electron chi connectivity index (χ4n) is 4.06. The van der Waals surface area contributed by atoms with E-state index < -0.39 is 0 Å². The molecule has 0 aliphatic rings. The van der Waals surface area contributed by atoms with Gasteiger partial charge in [-0.15, -0.1) is 10.2 Å². The fourth-order valence-corrected chi connectivity index (χ4v) is 4.06. The van der Waals surface area contributed by atoms with Gasteiger partial charge in [-0.05, 0) is 41.0 Å². The predicted molar refractivity (Wildman–Crippen MR) is 134 cm³/mol. The Kier molecular flexibility index (Phi) is 5.54. The Morgan fingerprint density at radius 3 is 1.84 bits per heavy atom. The lowest BCUT2D eigenvalue weighted by Gasteiger charge is -2.28. The van der Waals surface area contributed by atoms with Crippen LogP contribution in [0.2, 0.25) is 0 Å². The van der Waals surface area contributed by atoms with Crippen LogP contribution in [0, 0.1) is 6.92 Å². The Hall–Kier alpha value is -3.20. The fraction of sp³-hybridized carbons (Fsp3) is 0.310. The minimum atomic E-state index is -0.0430. The highest BCUT2D eigenvalue weighted by atomic mass is 15.3. The third kappa shape index (κ3) is 4.25. The van der Waals surface area contributed by atoms with Gasteiger partial charge in [-0.3, -0.25) is 4.57 Å². The zero-order valence-electron chi connectivity index (χ0n) is 20.3. The molecule has 1 heterocycles. The van der Waals surface area contributed by atoms with Crippen molar-refractivity contribution in [3.8, 4) is 28.5 Å². The lowest BCUT2D eigenvalue weighted by molar-refractivity contribution is 0.566. The van der Waals surface area contributed by atoms with Crippen molar-refractivity contribution in [3.63, 3.8) is 0 Å². The normalized spacial score (nSPS) is 12.2. The van der Waals surface area contributed by atoms with E-state index in [-0.39, 0.29) is 10.8 Å². The molecule has 0 radical (unpaired) electrons. The van der Waals surface area contributed by atoms with Crippen molar-refractivity contribution in [2.45, 2.75) is 59.3 Å². The van der Waals surface area contributed by atoms with Crippen LogP contribution in [0.25, 0.3) is 28.5 Å². The summed E-state index contributed by atoms with van der Waals surface area (Å²) in [5.74, 6) is 1.72. The van der Waals surface area contributed by atoms with Gasteiger partial charge in [0.05, 0.1) is 5.69 Å². The van der Waals surface area contributed by atoms with E-state index in [0.717, 1.165) is 28.5 Å². The zero-order chi connectivity index (χ0) is 23.1. The summed E-state index contributed by atoms with van der Waals surface area (Å²) in [5, 5.41) is 9.36. The number of aromatic nitrogens is 3. The third-order valence-electron chi connectivity index (χ3n) is 5.88. The van der Waals surface area contributed by atoms with Crippen LogP contribution in [0.3, 0.4) is 0 Å². The van der Waals surface area contributed by atoms with E-state index in [0.29, 0.717) is 0 Å². The summed E-state index contributed by atoms with van der Waals surface area (Å²) in [6, 6.07) is 25.7. The quantitative estimate of drug-likeness (QED) is 0.341. The van der Waals surface area contributed by atoms with E-state index >= 15 is 0 Å². The Morgan fingerprint density at radius 1 is 0.625 bits per heavy atom. The summed E-state index contributed by atoms with van der Waals surface area (Å²) < 4.78 is 2.23. The second-order valence-corrected chi connectivity index (χ2v) is 10.7. The molecule has 0 amide bonds. The van der Waals surface area contributed by atoms with E-state index in [1.54, 1.807) is 0 Å². The summed E-state index contributed by atoms with van der Waals surface area (Å²) in [4.78, 5) is 0. The SMILES string of the molecule is Cc1cccc(-c2nnc(-c3ccccc3)n2-c2ccc(C(C)(C)C)cc2C(C)(C)C)c1. The predicted octanol–water partition coefficient (Wildman–Crippen LogP) is 7.50. The van der Waals surface area contributed by atoms with E-state index in [9.17, 15) is 0 Å². The van der Waals surface area contributed by atoms with Gasteiger partial charge in [-0.2, -0.15) is 0 Å². The Morgan fingerprint density at radius 2 is 1.25 bits per heavy atom. The second kappa shape index (κ2) is 8.05. The topological polar surface area (TPSA) is 30.7 Å². The van der Waals surface area contributed by atoms with Gasteiger partial charge in [-0.25, -0.2) is 0 Å². The molecule has 0 spiro atoms. The molecule has 0 N–H and O–H groups in total. The summed E-state index contributed by atoms with van der Waals surface area (Å²) in [6.45, 7) is 15.7. The molecule has 0 saturated heterocycles. The number of benzene rings is 3. The Labute approximate surface area is 192 Å². The van der Waals surface area contributed by atoms with Crippen LogP contribution < -0.4 is 0 Å². The lowest BCUT2D eigenvalue weighted by atomic mass is 9.79. The van der Waals surface area contributed by atoms with Gasteiger partial charge in [0.25, 0.3) is 0 Å². The third-order valence-corrected chi connectivity index (χ3v) is 5.88. The molecule has 3 heteroatoms. The van der Waals surface area contributed by atoms with Gasteiger partial charge in [0.2, 0.25) is 0 Å². The molecule has 1 aromatic heterocycles. The Bertz CT molecular complexity index is 1240. The molecule has 4 aromatic rings. The van der Waals surface area contributed by atoms with Gasteiger partial charge in [0, 0.05) is 11.1 Å². The maximum absolute atomic E-state index is 4.69. The summed E-state index contributed by atoms with van der Waals surface area (Å²) in [7, 11) is 0. The lowest BCUT2D eigenvalue weighted by Crippen LogP contribution is -2.19. The molecule has 32 heavy (non-hydrogen) atoms. The maximum atomic E-state index is 4.69. The molecule has 0 fully saturated rings. The first-order valence-electron chi connectivity index (χ1n) is 11.3. The highest BCUT2D eigenvalue weighted by molar-refractivity contribution is 5.68. The van der Waals surface area contributed by atoms with Crippen molar-refractivity contribution >= 4 is 0 Å². The number of hydrogen-bond donors (Lipinski definition) is 0. The van der Waals surface area contributed by atoms with E-state index in [2.05, 4.69) is 118 Å². The number of nitrogens with zero attached hydrogens (tertiary/aromatic N) is 3. The van der Waals surface area contributed by atoms with E-state index in [1.807, 2.05) is 18.2 Å². The molecule has 4 rings (SSSR count). The standard InChI is InChI=1S/C29H33N3/c1-20-12-11-15-22(18-20)27-31-30-26(21-13-9-8-10-14-21)32(27)25-17-16-23(28(2,3)4)19-24(25)29(5,6)7/h8-19H,1-7H3. The molecule has 0 unspecified atom stereocenters. The smallest absolute Gasteiger partial charge is 0.168 e. The average molecular weight is 424 g/mol. The molecule has 3 nitrogen and oxygen atoms in total. The van der Waals surface area contributed by atoms with Crippen LogP contribution in [-0.2, 0) is 10.8 Å². The first kappa shape index (κ1) is 22.0. The molecule has 0 saturated carbocycles. The summed E-state index contributed by atoms with van der Waals surface area (Å²) >= 11 is 0. The van der Waals surface area contributed by atoms with Crippen molar-refractivity contribution in [1.82, 2.24) is 14.8 Å². The molecule has 0 aliphatic carbocycles. The Balaban J connectivity index is 2.05. The number of hydrogen-bond acceptors (Lipinski definition) is 2. The largest absolute Gasteiger partial charge is 0.275 e. The summed E-state index contributed by atoms with van der Waals surface area (Å²) in [6.07, 6.45) is 0. The van der Waals surface area contributed by atoms with Crippen molar-refractivity contribution in [3.05, 3.63) is 89.5 Å². The van der Waals surface area contributed by atoms with Crippen molar-refractivity contribution in [1.29, 1.82) is 0 Å². The van der Waals surface area contributed by atoms with Crippen LogP contribution in [0.5, 0.6) is 0 Å². The van der Waals surface area contributed by atoms with Gasteiger partial charge >= 0.3 is 0 Å². The molecular formula is C29H33N3.